The van der Waals surface area contributed by atoms with Gasteiger partial charge >= 0.3 is 0 Å². The Hall–Kier alpha value is -2.03. The zero-order valence-electron chi connectivity index (χ0n) is 8.34. The molecule has 2 aromatic heterocycles. The molecule has 0 atom stereocenters. The first-order valence-corrected chi connectivity index (χ1v) is 4.65. The van der Waals surface area contributed by atoms with Gasteiger partial charge < -0.3 is 0 Å². The molecule has 3 nitrogen and oxygen atoms in total. The van der Waals surface area contributed by atoms with Gasteiger partial charge in [-0.15, -0.1) is 0 Å². The highest BCUT2D eigenvalue weighted by Crippen LogP contribution is 2.16. The number of hydrogen-bond acceptors (Lipinski definition) is 3. The molecule has 15 heavy (non-hydrogen) atoms. The average Bonchev–Trinajstić information content (AvgIpc) is 2.30. The standard InChI is InChI=1S/C12H10N2O/c1-9(15)10-4-6-14-12(7-10)11-3-2-5-13-8-11/h2-8H,1H3. The number of ketones is 1. The molecule has 0 amide bonds. The molecule has 2 heterocycles. The van der Waals surface area contributed by atoms with Crippen molar-refractivity contribution in [1.29, 1.82) is 0 Å². The highest BCUT2D eigenvalue weighted by molar-refractivity contribution is 5.94. The van der Waals surface area contributed by atoms with Crippen LogP contribution in [0.25, 0.3) is 11.3 Å². The van der Waals surface area contributed by atoms with Crippen LogP contribution < -0.4 is 0 Å². The summed E-state index contributed by atoms with van der Waals surface area (Å²) in [5.74, 6) is 0.0440. The van der Waals surface area contributed by atoms with Crippen molar-refractivity contribution in [1.82, 2.24) is 9.97 Å². The van der Waals surface area contributed by atoms with Gasteiger partial charge in [0.25, 0.3) is 0 Å². The molecule has 0 aliphatic carbocycles. The van der Waals surface area contributed by atoms with Crippen molar-refractivity contribution in [2.24, 2.45) is 0 Å². The number of carbonyl (C=O) groups is 1. The molecular formula is C12H10N2O. The van der Waals surface area contributed by atoms with Crippen molar-refractivity contribution in [2.45, 2.75) is 6.92 Å². The summed E-state index contributed by atoms with van der Waals surface area (Å²) in [6, 6.07) is 7.25. The normalized spacial score (nSPS) is 9.93. The van der Waals surface area contributed by atoms with Gasteiger partial charge in [-0.25, -0.2) is 0 Å². The van der Waals surface area contributed by atoms with Crippen molar-refractivity contribution in [3.05, 3.63) is 48.4 Å². The minimum Gasteiger partial charge on any atom is -0.295 e. The Morgan fingerprint density at radius 1 is 1.27 bits per heavy atom. The summed E-state index contributed by atoms with van der Waals surface area (Å²) in [4.78, 5) is 19.4. The fraction of sp³-hybridized carbons (Fsp3) is 0.0833. The van der Waals surface area contributed by atoms with Gasteiger partial charge in [0, 0.05) is 29.7 Å². The molecule has 0 saturated heterocycles. The molecule has 0 fully saturated rings. The van der Waals surface area contributed by atoms with E-state index in [-0.39, 0.29) is 5.78 Å². The van der Waals surface area contributed by atoms with Crippen LogP contribution in [0.2, 0.25) is 0 Å². The molecule has 0 bridgehead atoms. The summed E-state index contributed by atoms with van der Waals surface area (Å²) in [7, 11) is 0. The predicted octanol–water partition coefficient (Wildman–Crippen LogP) is 2.35. The van der Waals surface area contributed by atoms with Gasteiger partial charge in [0.2, 0.25) is 0 Å². The fourth-order valence-corrected chi connectivity index (χ4v) is 1.32. The third kappa shape index (κ3) is 2.07. The molecule has 3 heteroatoms. The van der Waals surface area contributed by atoms with Gasteiger partial charge in [0.05, 0.1) is 5.69 Å². The highest BCUT2D eigenvalue weighted by Gasteiger charge is 2.03. The van der Waals surface area contributed by atoms with Gasteiger partial charge in [-0.3, -0.25) is 14.8 Å². The van der Waals surface area contributed by atoms with Crippen molar-refractivity contribution in [2.75, 3.05) is 0 Å². The lowest BCUT2D eigenvalue weighted by Gasteiger charge is -2.01. The fourth-order valence-electron chi connectivity index (χ4n) is 1.32. The second kappa shape index (κ2) is 4.00. The Morgan fingerprint density at radius 3 is 2.80 bits per heavy atom. The minimum absolute atomic E-state index is 0.0440. The van der Waals surface area contributed by atoms with Crippen molar-refractivity contribution in [3.8, 4) is 11.3 Å². The molecule has 0 aliphatic heterocycles. The van der Waals surface area contributed by atoms with Gasteiger partial charge in [-0.1, -0.05) is 0 Å². The number of rotatable bonds is 2. The van der Waals surface area contributed by atoms with E-state index in [9.17, 15) is 4.79 Å². The maximum atomic E-state index is 11.2. The minimum atomic E-state index is 0.0440. The number of aromatic nitrogens is 2. The van der Waals surface area contributed by atoms with E-state index in [1.165, 1.54) is 0 Å². The largest absolute Gasteiger partial charge is 0.295 e. The van der Waals surface area contributed by atoms with Crippen LogP contribution in [0.5, 0.6) is 0 Å². The van der Waals surface area contributed by atoms with E-state index in [2.05, 4.69) is 9.97 Å². The van der Waals surface area contributed by atoms with E-state index in [0.717, 1.165) is 11.3 Å². The third-order valence-corrected chi connectivity index (χ3v) is 2.12. The Morgan fingerprint density at radius 2 is 2.13 bits per heavy atom. The number of Topliss-reactive ketones (excluding diaryl/α,β-unsaturated/α-hetero) is 1. The molecule has 2 aromatic rings. The van der Waals surface area contributed by atoms with Gasteiger partial charge in [-0.05, 0) is 31.2 Å². The van der Waals surface area contributed by atoms with Crippen molar-refractivity contribution < 1.29 is 4.79 Å². The maximum absolute atomic E-state index is 11.2. The molecule has 2 rings (SSSR count). The highest BCUT2D eigenvalue weighted by atomic mass is 16.1. The van der Waals surface area contributed by atoms with Gasteiger partial charge in [-0.2, -0.15) is 0 Å². The third-order valence-electron chi connectivity index (χ3n) is 2.12. The Balaban J connectivity index is 2.46. The predicted molar refractivity (Wildman–Crippen MR) is 57.5 cm³/mol. The Labute approximate surface area is 87.8 Å². The van der Waals surface area contributed by atoms with Crippen LogP contribution in [-0.2, 0) is 0 Å². The number of pyridine rings is 2. The summed E-state index contributed by atoms with van der Waals surface area (Å²) in [6.45, 7) is 1.54. The van der Waals surface area contributed by atoms with Gasteiger partial charge in [0.1, 0.15) is 0 Å². The van der Waals surface area contributed by atoms with Crippen molar-refractivity contribution in [3.63, 3.8) is 0 Å². The summed E-state index contributed by atoms with van der Waals surface area (Å²) >= 11 is 0. The number of nitrogens with zero attached hydrogens (tertiary/aromatic N) is 2. The summed E-state index contributed by atoms with van der Waals surface area (Å²) in [6.07, 6.45) is 5.07. The quantitative estimate of drug-likeness (QED) is 0.695. The second-order valence-corrected chi connectivity index (χ2v) is 3.23. The van der Waals surface area contributed by atoms with Crippen molar-refractivity contribution >= 4 is 5.78 Å². The number of hydrogen-bond donors (Lipinski definition) is 0. The van der Waals surface area contributed by atoms with Crippen LogP contribution in [-0.4, -0.2) is 15.8 Å². The monoisotopic (exact) mass is 198 g/mol. The summed E-state index contributed by atoms with van der Waals surface area (Å²) < 4.78 is 0. The Bertz CT molecular complexity index is 480. The lowest BCUT2D eigenvalue weighted by molar-refractivity contribution is 0.101. The topological polar surface area (TPSA) is 42.9 Å². The number of carbonyl (C=O) groups excluding carboxylic acids is 1. The lowest BCUT2D eigenvalue weighted by Crippen LogP contribution is -1.93. The molecule has 0 radical (unpaired) electrons. The molecule has 0 aromatic carbocycles. The lowest BCUT2D eigenvalue weighted by atomic mass is 10.1. The van der Waals surface area contributed by atoms with E-state index < -0.39 is 0 Å². The van der Waals surface area contributed by atoms with Crippen LogP contribution >= 0.6 is 0 Å². The van der Waals surface area contributed by atoms with E-state index >= 15 is 0 Å². The molecular weight excluding hydrogens is 188 g/mol. The zero-order chi connectivity index (χ0) is 10.7. The molecule has 0 aliphatic rings. The summed E-state index contributed by atoms with van der Waals surface area (Å²) in [5.41, 5.74) is 2.36. The molecule has 0 N–H and O–H groups in total. The average molecular weight is 198 g/mol. The zero-order valence-corrected chi connectivity index (χ0v) is 8.34. The first-order chi connectivity index (χ1) is 7.27. The van der Waals surface area contributed by atoms with Crippen LogP contribution in [0.3, 0.4) is 0 Å². The summed E-state index contributed by atoms with van der Waals surface area (Å²) in [5, 5.41) is 0. The molecule has 0 spiro atoms. The van der Waals surface area contributed by atoms with E-state index in [0.29, 0.717) is 5.56 Å². The molecule has 0 saturated carbocycles. The van der Waals surface area contributed by atoms with E-state index in [1.54, 1.807) is 37.6 Å². The molecule has 0 unspecified atom stereocenters. The van der Waals surface area contributed by atoms with Gasteiger partial charge in [0.15, 0.2) is 5.78 Å². The SMILES string of the molecule is CC(=O)c1ccnc(-c2cccnc2)c1. The van der Waals surface area contributed by atoms with Crippen LogP contribution in [0.4, 0.5) is 0 Å². The van der Waals surface area contributed by atoms with E-state index in [1.807, 2.05) is 12.1 Å². The van der Waals surface area contributed by atoms with Crippen LogP contribution in [0.1, 0.15) is 17.3 Å². The van der Waals surface area contributed by atoms with Crippen LogP contribution in [0.15, 0.2) is 42.9 Å². The second-order valence-electron chi connectivity index (χ2n) is 3.23. The first kappa shape index (κ1) is 9.52. The molecule has 74 valence electrons. The Kier molecular flexibility index (Phi) is 2.54. The first-order valence-electron chi connectivity index (χ1n) is 4.65. The maximum Gasteiger partial charge on any atom is 0.159 e. The van der Waals surface area contributed by atoms with Crippen LogP contribution in [0, 0.1) is 0 Å². The smallest absolute Gasteiger partial charge is 0.159 e. The van der Waals surface area contributed by atoms with E-state index in [4.69, 9.17) is 0 Å².